The molecule has 0 fully saturated rings. The maximum Gasteiger partial charge on any atom is 0.253 e. The molecule has 126 valence electrons. The lowest BCUT2D eigenvalue weighted by Gasteiger charge is -2.13. The lowest BCUT2D eigenvalue weighted by atomic mass is 10.1. The minimum atomic E-state index is -0.196. The molecule has 1 aromatic heterocycles. The Morgan fingerprint density at radius 3 is 2.76 bits per heavy atom. The molecule has 1 aliphatic heterocycles. The molecule has 0 bridgehead atoms. The average Bonchev–Trinajstić information content (AvgIpc) is 3.29. The first-order valence-corrected chi connectivity index (χ1v) is 8.54. The SMILES string of the molecule is O=C(NCC1Cc2ccccc2O1)c1cc(-n2cccc2)ccc1Cl. The molecule has 1 N–H and O–H groups in total. The number of benzene rings is 2. The van der Waals surface area contributed by atoms with E-state index in [1.54, 1.807) is 12.1 Å². The Balaban J connectivity index is 1.44. The van der Waals surface area contributed by atoms with Crippen LogP contribution >= 0.6 is 11.6 Å². The van der Waals surface area contributed by atoms with Crippen LogP contribution in [-0.4, -0.2) is 23.1 Å². The molecule has 0 saturated heterocycles. The molecular weight excluding hydrogens is 336 g/mol. The fourth-order valence-corrected chi connectivity index (χ4v) is 3.23. The van der Waals surface area contributed by atoms with Gasteiger partial charge in [0.1, 0.15) is 11.9 Å². The topological polar surface area (TPSA) is 43.3 Å². The second-order valence-corrected chi connectivity index (χ2v) is 6.42. The highest BCUT2D eigenvalue weighted by Crippen LogP contribution is 2.28. The van der Waals surface area contributed by atoms with Crippen LogP contribution in [0.5, 0.6) is 5.75 Å². The quantitative estimate of drug-likeness (QED) is 0.774. The van der Waals surface area contributed by atoms with Crippen LogP contribution in [0, 0.1) is 0 Å². The molecule has 1 atom stereocenters. The van der Waals surface area contributed by atoms with Gasteiger partial charge >= 0.3 is 0 Å². The van der Waals surface area contributed by atoms with E-state index in [4.69, 9.17) is 16.3 Å². The van der Waals surface area contributed by atoms with Gasteiger partial charge in [-0.15, -0.1) is 0 Å². The number of hydrogen-bond donors (Lipinski definition) is 1. The van der Waals surface area contributed by atoms with Crippen molar-refractivity contribution in [2.75, 3.05) is 6.54 Å². The summed E-state index contributed by atoms with van der Waals surface area (Å²) < 4.78 is 7.79. The van der Waals surface area contributed by atoms with Crippen molar-refractivity contribution in [1.29, 1.82) is 0 Å². The molecule has 3 aromatic rings. The number of amides is 1. The number of nitrogens with one attached hydrogen (secondary N) is 1. The molecule has 1 unspecified atom stereocenters. The van der Waals surface area contributed by atoms with Gasteiger partial charge in [0.25, 0.3) is 5.91 Å². The van der Waals surface area contributed by atoms with Crippen molar-refractivity contribution in [2.24, 2.45) is 0 Å². The van der Waals surface area contributed by atoms with Crippen molar-refractivity contribution >= 4 is 17.5 Å². The molecule has 4 rings (SSSR count). The zero-order valence-corrected chi connectivity index (χ0v) is 14.2. The van der Waals surface area contributed by atoms with Crippen LogP contribution in [0.25, 0.3) is 5.69 Å². The summed E-state index contributed by atoms with van der Waals surface area (Å²) in [5.41, 5.74) is 2.53. The van der Waals surface area contributed by atoms with Gasteiger partial charge in [-0.25, -0.2) is 0 Å². The van der Waals surface area contributed by atoms with Crippen LogP contribution in [0.15, 0.2) is 67.0 Å². The van der Waals surface area contributed by atoms with Gasteiger partial charge < -0.3 is 14.6 Å². The highest BCUT2D eigenvalue weighted by Gasteiger charge is 2.23. The van der Waals surface area contributed by atoms with Crippen molar-refractivity contribution in [3.8, 4) is 11.4 Å². The zero-order chi connectivity index (χ0) is 17.2. The van der Waals surface area contributed by atoms with Crippen LogP contribution in [0.1, 0.15) is 15.9 Å². The Kier molecular flexibility index (Phi) is 4.20. The predicted molar refractivity (Wildman–Crippen MR) is 97.7 cm³/mol. The minimum absolute atomic E-state index is 0.0484. The maximum absolute atomic E-state index is 12.6. The summed E-state index contributed by atoms with van der Waals surface area (Å²) in [6.07, 6.45) is 4.60. The highest BCUT2D eigenvalue weighted by molar-refractivity contribution is 6.33. The van der Waals surface area contributed by atoms with Crippen LogP contribution in [0.4, 0.5) is 0 Å². The van der Waals surface area contributed by atoms with Crippen molar-refractivity contribution < 1.29 is 9.53 Å². The van der Waals surface area contributed by atoms with E-state index in [0.717, 1.165) is 17.9 Å². The third kappa shape index (κ3) is 3.26. The van der Waals surface area contributed by atoms with Crippen molar-refractivity contribution in [1.82, 2.24) is 9.88 Å². The van der Waals surface area contributed by atoms with E-state index in [-0.39, 0.29) is 12.0 Å². The van der Waals surface area contributed by atoms with Crippen LogP contribution in [0.2, 0.25) is 5.02 Å². The number of rotatable bonds is 4. The number of para-hydroxylation sites is 1. The summed E-state index contributed by atoms with van der Waals surface area (Å²) in [7, 11) is 0. The molecule has 0 radical (unpaired) electrons. The number of fused-ring (bicyclic) bond motifs is 1. The first-order chi connectivity index (χ1) is 12.2. The smallest absolute Gasteiger partial charge is 0.253 e. The number of hydrogen-bond acceptors (Lipinski definition) is 2. The Bertz CT molecular complexity index is 881. The molecule has 0 spiro atoms. The molecule has 2 heterocycles. The third-order valence-corrected chi connectivity index (χ3v) is 4.63. The average molecular weight is 353 g/mol. The first-order valence-electron chi connectivity index (χ1n) is 8.16. The number of nitrogens with zero attached hydrogens (tertiary/aromatic N) is 1. The zero-order valence-electron chi connectivity index (χ0n) is 13.5. The Morgan fingerprint density at radius 2 is 1.96 bits per heavy atom. The van der Waals surface area contributed by atoms with E-state index in [1.165, 1.54) is 5.56 Å². The van der Waals surface area contributed by atoms with Gasteiger partial charge in [0.15, 0.2) is 0 Å². The van der Waals surface area contributed by atoms with Gasteiger partial charge in [-0.1, -0.05) is 29.8 Å². The third-order valence-electron chi connectivity index (χ3n) is 4.30. The Labute approximate surface area is 151 Å². The number of carbonyl (C=O) groups excluding carboxylic acids is 1. The van der Waals surface area contributed by atoms with E-state index in [9.17, 15) is 4.79 Å². The fraction of sp³-hybridized carbons (Fsp3) is 0.150. The lowest BCUT2D eigenvalue weighted by molar-refractivity contribution is 0.0933. The van der Waals surface area contributed by atoms with Gasteiger partial charge in [0.2, 0.25) is 0 Å². The second-order valence-electron chi connectivity index (χ2n) is 6.02. The van der Waals surface area contributed by atoms with Gasteiger partial charge in [-0.05, 0) is 42.0 Å². The van der Waals surface area contributed by atoms with E-state index in [1.807, 2.05) is 53.4 Å². The number of aromatic nitrogens is 1. The molecule has 1 amide bonds. The van der Waals surface area contributed by atoms with Crippen LogP contribution < -0.4 is 10.1 Å². The number of ether oxygens (including phenoxy) is 1. The summed E-state index contributed by atoms with van der Waals surface area (Å²) in [6.45, 7) is 0.442. The molecule has 0 saturated carbocycles. The summed E-state index contributed by atoms with van der Waals surface area (Å²) in [5.74, 6) is 0.702. The second kappa shape index (κ2) is 6.65. The molecule has 25 heavy (non-hydrogen) atoms. The first kappa shape index (κ1) is 15.8. The van der Waals surface area contributed by atoms with Gasteiger partial charge in [-0.2, -0.15) is 0 Å². The highest BCUT2D eigenvalue weighted by atomic mass is 35.5. The van der Waals surface area contributed by atoms with Gasteiger partial charge in [-0.3, -0.25) is 4.79 Å². The fourth-order valence-electron chi connectivity index (χ4n) is 3.02. The molecule has 1 aliphatic rings. The molecule has 2 aromatic carbocycles. The largest absolute Gasteiger partial charge is 0.488 e. The number of carbonyl (C=O) groups is 1. The van der Waals surface area contributed by atoms with Crippen molar-refractivity contribution in [3.05, 3.63) is 83.1 Å². The van der Waals surface area contributed by atoms with Crippen LogP contribution in [0.3, 0.4) is 0 Å². The molecule has 5 heteroatoms. The molecule has 0 aliphatic carbocycles. The summed E-state index contributed by atoms with van der Waals surface area (Å²) in [6, 6.07) is 17.2. The lowest BCUT2D eigenvalue weighted by Crippen LogP contribution is -2.34. The van der Waals surface area contributed by atoms with Crippen molar-refractivity contribution in [3.63, 3.8) is 0 Å². The maximum atomic E-state index is 12.6. The summed E-state index contributed by atoms with van der Waals surface area (Å²) in [4.78, 5) is 12.6. The van der Waals surface area contributed by atoms with E-state index in [2.05, 4.69) is 11.4 Å². The molecular formula is C20H17ClN2O2. The van der Waals surface area contributed by atoms with E-state index >= 15 is 0 Å². The van der Waals surface area contributed by atoms with Gasteiger partial charge in [0, 0.05) is 24.5 Å². The Hall–Kier alpha value is -2.72. The summed E-state index contributed by atoms with van der Waals surface area (Å²) >= 11 is 6.22. The molecule has 4 nitrogen and oxygen atoms in total. The number of halogens is 1. The van der Waals surface area contributed by atoms with Crippen LogP contribution in [-0.2, 0) is 6.42 Å². The monoisotopic (exact) mass is 352 g/mol. The summed E-state index contributed by atoms with van der Waals surface area (Å²) in [5, 5.41) is 3.37. The predicted octanol–water partition coefficient (Wildman–Crippen LogP) is 3.86. The van der Waals surface area contributed by atoms with Gasteiger partial charge in [0.05, 0.1) is 17.1 Å². The van der Waals surface area contributed by atoms with Crippen molar-refractivity contribution in [2.45, 2.75) is 12.5 Å². The minimum Gasteiger partial charge on any atom is -0.488 e. The van der Waals surface area contributed by atoms with E-state index in [0.29, 0.717) is 17.1 Å². The standard InChI is InChI=1S/C20H17ClN2O2/c21-18-8-7-15(23-9-3-4-10-23)12-17(18)20(24)22-13-16-11-14-5-1-2-6-19(14)25-16/h1-10,12,16H,11,13H2,(H,22,24). The Morgan fingerprint density at radius 1 is 1.16 bits per heavy atom. The normalized spacial score (nSPS) is 15.5. The van der Waals surface area contributed by atoms with E-state index < -0.39 is 0 Å².